The minimum atomic E-state index is -5.09. The van der Waals surface area contributed by atoms with Crippen LogP contribution in [-0.2, 0) is 28.9 Å². The zero-order valence-corrected chi connectivity index (χ0v) is 47.1. The van der Waals surface area contributed by atoms with Crippen LogP contribution in [0.5, 0.6) is 0 Å². The van der Waals surface area contributed by atoms with Gasteiger partial charge in [-0.3, -0.25) is 9.35 Å². The van der Waals surface area contributed by atoms with E-state index in [4.69, 9.17) is 9.47 Å². The lowest BCUT2D eigenvalue weighted by molar-refractivity contribution is -0.298. The molecule has 1 aliphatic rings. The van der Waals surface area contributed by atoms with Crippen molar-refractivity contribution < 1.29 is 51.8 Å². The molecule has 0 aromatic rings. The molecule has 12 nitrogen and oxygen atoms in total. The normalized spacial score (nSPS) is 19.5. The molecule has 0 aromatic carbocycles. The van der Waals surface area contributed by atoms with Crippen molar-refractivity contribution in [1.29, 1.82) is 0 Å². The van der Waals surface area contributed by atoms with E-state index in [2.05, 4.69) is 35.5 Å². The highest BCUT2D eigenvalue weighted by Gasteiger charge is 2.48. The van der Waals surface area contributed by atoms with Crippen LogP contribution >= 0.6 is 0 Å². The number of amides is 1. The molecule has 1 heterocycles. The van der Waals surface area contributed by atoms with Gasteiger partial charge in [-0.1, -0.05) is 263 Å². The molecule has 1 amide bonds. The molecular formula is C59H113NO11S. The number of ether oxygens (including phenoxy) is 2. The molecule has 0 aliphatic carbocycles. The van der Waals surface area contributed by atoms with Crippen molar-refractivity contribution in [2.45, 2.75) is 333 Å². The summed E-state index contributed by atoms with van der Waals surface area (Å²) in [6.45, 7) is 3.44. The van der Waals surface area contributed by atoms with E-state index in [1.807, 2.05) is 6.08 Å². The molecule has 6 N–H and O–H groups in total. The largest absolute Gasteiger partial charge is 0.397 e. The number of aliphatic hydroxyl groups excluding tert-OH is 4. The van der Waals surface area contributed by atoms with E-state index >= 15 is 0 Å². The summed E-state index contributed by atoms with van der Waals surface area (Å²) in [7, 11) is -5.09. The number of carbonyl (C=O) groups is 1. The van der Waals surface area contributed by atoms with Crippen molar-refractivity contribution in [3.8, 4) is 0 Å². The molecule has 1 aliphatic heterocycles. The monoisotopic (exact) mass is 1040 g/mol. The Morgan fingerprint density at radius 1 is 0.542 bits per heavy atom. The molecular weight excluding hydrogens is 931 g/mol. The number of hydrogen-bond acceptors (Lipinski definition) is 10. The van der Waals surface area contributed by atoms with Gasteiger partial charge in [0.05, 0.1) is 25.4 Å². The van der Waals surface area contributed by atoms with Gasteiger partial charge in [-0.15, -0.1) is 0 Å². The van der Waals surface area contributed by atoms with Crippen LogP contribution in [0, 0.1) is 0 Å². The van der Waals surface area contributed by atoms with E-state index in [0.29, 0.717) is 6.42 Å². The van der Waals surface area contributed by atoms with Crippen LogP contribution in [0.1, 0.15) is 290 Å². The summed E-state index contributed by atoms with van der Waals surface area (Å²) in [5.74, 6) is -0.262. The van der Waals surface area contributed by atoms with E-state index < -0.39 is 59.9 Å². The second-order valence-corrected chi connectivity index (χ2v) is 22.3. The van der Waals surface area contributed by atoms with Gasteiger partial charge in [-0.25, -0.2) is 4.18 Å². The molecule has 426 valence electrons. The van der Waals surface area contributed by atoms with Crippen molar-refractivity contribution in [3.05, 3.63) is 24.3 Å². The molecule has 7 atom stereocenters. The zero-order chi connectivity index (χ0) is 52.6. The number of hydrogen-bond donors (Lipinski definition) is 6. The second-order valence-electron chi connectivity index (χ2n) is 21.3. The highest BCUT2D eigenvalue weighted by Crippen LogP contribution is 2.26. The first-order chi connectivity index (χ1) is 35.0. The molecule has 7 unspecified atom stereocenters. The molecule has 1 saturated heterocycles. The first-order valence-electron chi connectivity index (χ1n) is 30.2. The van der Waals surface area contributed by atoms with Crippen LogP contribution in [0.25, 0.3) is 0 Å². The van der Waals surface area contributed by atoms with E-state index in [1.165, 1.54) is 218 Å². The molecule has 72 heavy (non-hydrogen) atoms. The predicted octanol–water partition coefficient (Wildman–Crippen LogP) is 14.4. The highest BCUT2D eigenvalue weighted by molar-refractivity contribution is 7.80. The van der Waals surface area contributed by atoms with Crippen LogP contribution in [0.2, 0.25) is 0 Å². The Morgan fingerprint density at radius 3 is 1.25 bits per heavy atom. The summed E-state index contributed by atoms with van der Waals surface area (Å²) in [4.78, 5) is 13.1. The summed E-state index contributed by atoms with van der Waals surface area (Å²) in [6, 6.07) is -0.946. The summed E-state index contributed by atoms with van der Waals surface area (Å²) in [5, 5.41) is 45.0. The fourth-order valence-corrected chi connectivity index (χ4v) is 10.3. The molecule has 0 radical (unpaired) electrons. The maximum absolute atomic E-state index is 13.1. The summed E-state index contributed by atoms with van der Waals surface area (Å²) >= 11 is 0. The molecule has 1 fully saturated rings. The van der Waals surface area contributed by atoms with Gasteiger partial charge in [0.1, 0.15) is 24.4 Å². The maximum Gasteiger partial charge on any atom is 0.397 e. The van der Waals surface area contributed by atoms with Gasteiger partial charge >= 0.3 is 10.4 Å². The Balaban J connectivity index is 2.36. The third-order valence-electron chi connectivity index (χ3n) is 14.5. The SMILES string of the molecule is CCCCCCCCCCCC/C=C\CCCCCCCCCC(=O)NC(COC1OC(CO)C(O)C(OS(=O)(=O)O)C1O)C(O)/C=C/CCCCCCCCCCCCCCCCCCCCCCCC. The van der Waals surface area contributed by atoms with Crippen LogP contribution in [0.3, 0.4) is 0 Å². The van der Waals surface area contributed by atoms with Crippen molar-refractivity contribution in [2.24, 2.45) is 0 Å². The fraction of sp³-hybridized carbons (Fsp3) is 0.915. The summed E-state index contributed by atoms with van der Waals surface area (Å²) in [5.41, 5.74) is 0. The van der Waals surface area contributed by atoms with Crippen molar-refractivity contribution in [3.63, 3.8) is 0 Å². The van der Waals surface area contributed by atoms with Gasteiger partial charge in [0, 0.05) is 6.42 Å². The van der Waals surface area contributed by atoms with Gasteiger partial charge < -0.3 is 35.2 Å². The first kappa shape index (κ1) is 68.6. The molecule has 0 aromatic heterocycles. The third kappa shape index (κ3) is 40.8. The average molecular weight is 1040 g/mol. The second kappa shape index (κ2) is 49.2. The Bertz CT molecular complexity index is 1370. The molecule has 0 spiro atoms. The minimum absolute atomic E-state index is 0.262. The van der Waals surface area contributed by atoms with Gasteiger partial charge in [-0.05, 0) is 44.9 Å². The van der Waals surface area contributed by atoms with E-state index in [9.17, 15) is 38.2 Å². The van der Waals surface area contributed by atoms with Gasteiger partial charge in [-0.2, -0.15) is 8.42 Å². The lowest BCUT2D eigenvalue weighted by Crippen LogP contribution is -2.61. The van der Waals surface area contributed by atoms with E-state index in [-0.39, 0.29) is 18.9 Å². The first-order valence-corrected chi connectivity index (χ1v) is 31.6. The number of aliphatic hydroxyl groups is 4. The van der Waals surface area contributed by atoms with Crippen molar-refractivity contribution >= 4 is 16.3 Å². The Kier molecular flexibility index (Phi) is 46.8. The summed E-state index contributed by atoms with van der Waals surface area (Å²) in [6.07, 6.45) is 52.2. The average Bonchev–Trinajstić information content (AvgIpc) is 3.36. The summed E-state index contributed by atoms with van der Waals surface area (Å²) < 4.78 is 47.9. The van der Waals surface area contributed by atoms with E-state index in [0.717, 1.165) is 44.9 Å². The molecule has 0 saturated carbocycles. The van der Waals surface area contributed by atoms with Crippen LogP contribution < -0.4 is 5.32 Å². The number of unbranched alkanes of at least 4 members (excludes halogenated alkanes) is 39. The Hall–Kier alpha value is -1.42. The van der Waals surface area contributed by atoms with Crippen LogP contribution in [-0.4, -0.2) is 95.4 Å². The highest BCUT2D eigenvalue weighted by atomic mass is 32.3. The quantitative estimate of drug-likeness (QED) is 0.0193. The van der Waals surface area contributed by atoms with E-state index in [1.54, 1.807) is 6.08 Å². The van der Waals surface area contributed by atoms with Crippen molar-refractivity contribution in [1.82, 2.24) is 5.32 Å². The number of rotatable bonds is 53. The minimum Gasteiger partial charge on any atom is -0.394 e. The standard InChI is InChI=1S/C59H113NO11S/c1-3-5-7-9-11-13-15-17-19-21-23-25-26-27-29-30-32-34-36-38-40-42-44-46-48-53(62)52(51-69-59-57(65)58(71-72(66,67)68)56(64)54(50-61)70-59)60-55(63)49-47-45-43-41-39-37-35-33-31-28-24-22-20-18-16-14-12-10-8-6-4-2/h28,31,46,48,52-54,56-59,61-62,64-65H,3-27,29-30,32-45,47,49-51H2,1-2H3,(H,60,63)(H,66,67,68)/b31-28-,48-46+. The molecule has 1 rings (SSSR count). The Labute approximate surface area is 442 Å². The Morgan fingerprint density at radius 2 is 0.889 bits per heavy atom. The lowest BCUT2D eigenvalue weighted by atomic mass is 9.99. The zero-order valence-electron chi connectivity index (χ0n) is 46.3. The fourth-order valence-electron chi connectivity index (χ4n) is 9.81. The number of allylic oxidation sites excluding steroid dienone is 3. The smallest absolute Gasteiger partial charge is 0.394 e. The van der Waals surface area contributed by atoms with Gasteiger partial charge in [0.15, 0.2) is 6.29 Å². The van der Waals surface area contributed by atoms with Gasteiger partial charge in [0.25, 0.3) is 0 Å². The lowest BCUT2D eigenvalue weighted by Gasteiger charge is -2.41. The molecule has 0 bridgehead atoms. The molecule has 13 heteroatoms. The van der Waals surface area contributed by atoms with Crippen LogP contribution in [0.4, 0.5) is 0 Å². The van der Waals surface area contributed by atoms with Crippen molar-refractivity contribution in [2.75, 3.05) is 13.2 Å². The number of carbonyl (C=O) groups excluding carboxylic acids is 1. The maximum atomic E-state index is 13.1. The number of nitrogens with one attached hydrogen (secondary N) is 1. The topological polar surface area (TPSA) is 192 Å². The predicted molar refractivity (Wildman–Crippen MR) is 296 cm³/mol. The van der Waals surface area contributed by atoms with Gasteiger partial charge in [0.2, 0.25) is 5.91 Å². The third-order valence-corrected chi connectivity index (χ3v) is 14.9. The van der Waals surface area contributed by atoms with Crippen LogP contribution in [0.15, 0.2) is 24.3 Å².